The Morgan fingerprint density at radius 3 is 2.20 bits per heavy atom. The van der Waals surface area contributed by atoms with Gasteiger partial charge < -0.3 is 4.74 Å². The molecule has 4 aromatic rings. The Bertz CT molecular complexity index is 1030. The third-order valence-electron chi connectivity index (χ3n) is 4.67. The molecule has 4 heteroatoms. The quantitative estimate of drug-likeness (QED) is 0.223. The molecule has 0 atom stereocenters. The van der Waals surface area contributed by atoms with Crippen LogP contribution in [0.25, 0.3) is 21.7 Å². The fourth-order valence-electron chi connectivity index (χ4n) is 3.06. The highest BCUT2D eigenvalue weighted by molar-refractivity contribution is 7.19. The van der Waals surface area contributed by atoms with Crippen molar-refractivity contribution in [2.75, 3.05) is 6.61 Å². The molecule has 1 heterocycles. The number of rotatable bonds is 8. The van der Waals surface area contributed by atoms with Crippen LogP contribution >= 0.6 is 11.3 Å². The van der Waals surface area contributed by atoms with E-state index in [0.29, 0.717) is 0 Å². The molecular weight excluding hydrogens is 388 g/mol. The van der Waals surface area contributed by atoms with Gasteiger partial charge in [0.2, 0.25) is 5.13 Å². The minimum absolute atomic E-state index is 0.746. The summed E-state index contributed by atoms with van der Waals surface area (Å²) in [6, 6.07) is 28.7. The summed E-state index contributed by atoms with van der Waals surface area (Å²) in [5.41, 5.74) is 4.25. The third-order valence-corrected chi connectivity index (χ3v) is 5.68. The number of ether oxygens (including phenoxy) is 1. The van der Waals surface area contributed by atoms with Crippen LogP contribution in [0.2, 0.25) is 0 Å². The molecule has 4 rings (SSSR count). The molecule has 0 fully saturated rings. The van der Waals surface area contributed by atoms with Crippen molar-refractivity contribution in [1.82, 2.24) is 4.98 Å². The van der Waals surface area contributed by atoms with Gasteiger partial charge in [0.25, 0.3) is 0 Å². The number of nitrogens with zero attached hydrogens (tertiary/aromatic N) is 2. The Labute approximate surface area is 181 Å². The van der Waals surface area contributed by atoms with Crippen molar-refractivity contribution >= 4 is 22.7 Å². The minimum Gasteiger partial charge on any atom is -0.494 e. The molecule has 0 saturated carbocycles. The Hall–Kier alpha value is -3.24. The number of unbranched alkanes of at least 4 members (excludes halogenated alkanes) is 1. The van der Waals surface area contributed by atoms with Gasteiger partial charge in [-0.2, -0.15) is 0 Å². The van der Waals surface area contributed by atoms with Gasteiger partial charge in [0.1, 0.15) is 5.75 Å². The van der Waals surface area contributed by atoms with Crippen LogP contribution in [0.1, 0.15) is 25.3 Å². The fraction of sp³-hybridized carbons (Fsp3) is 0.154. The zero-order chi connectivity index (χ0) is 20.6. The van der Waals surface area contributed by atoms with E-state index in [0.717, 1.165) is 57.6 Å². The maximum absolute atomic E-state index is 5.73. The largest absolute Gasteiger partial charge is 0.494 e. The maximum atomic E-state index is 5.73. The van der Waals surface area contributed by atoms with Gasteiger partial charge in [0.15, 0.2) is 0 Å². The van der Waals surface area contributed by atoms with Gasteiger partial charge in [-0.15, -0.1) is 0 Å². The summed E-state index contributed by atoms with van der Waals surface area (Å²) in [6.07, 6.45) is 4.06. The Balaban J connectivity index is 1.58. The second kappa shape index (κ2) is 9.99. The Morgan fingerprint density at radius 1 is 0.867 bits per heavy atom. The summed E-state index contributed by atoms with van der Waals surface area (Å²) < 4.78 is 5.73. The van der Waals surface area contributed by atoms with Crippen LogP contribution < -0.4 is 4.74 Å². The lowest BCUT2D eigenvalue weighted by molar-refractivity contribution is 0.309. The molecule has 0 aliphatic heterocycles. The highest BCUT2D eigenvalue weighted by atomic mass is 32.1. The lowest BCUT2D eigenvalue weighted by atomic mass is 10.1. The van der Waals surface area contributed by atoms with E-state index in [1.807, 2.05) is 54.7 Å². The Morgan fingerprint density at radius 2 is 1.53 bits per heavy atom. The number of benzene rings is 3. The molecule has 0 saturated heterocycles. The molecule has 3 aromatic carbocycles. The van der Waals surface area contributed by atoms with E-state index in [1.165, 1.54) is 0 Å². The van der Waals surface area contributed by atoms with Crippen molar-refractivity contribution in [3.05, 3.63) is 90.5 Å². The van der Waals surface area contributed by atoms with Gasteiger partial charge in [0.05, 0.1) is 17.2 Å². The molecule has 0 aliphatic rings. The number of hydrogen-bond acceptors (Lipinski definition) is 4. The zero-order valence-electron chi connectivity index (χ0n) is 17.0. The van der Waals surface area contributed by atoms with Gasteiger partial charge >= 0.3 is 0 Å². The molecule has 0 bridgehead atoms. The molecule has 150 valence electrons. The molecule has 0 radical (unpaired) electrons. The van der Waals surface area contributed by atoms with Crippen molar-refractivity contribution in [2.24, 2.45) is 4.99 Å². The molecule has 30 heavy (non-hydrogen) atoms. The van der Waals surface area contributed by atoms with Crippen molar-refractivity contribution in [3.8, 4) is 27.4 Å². The third kappa shape index (κ3) is 5.02. The highest BCUT2D eigenvalue weighted by Gasteiger charge is 2.14. The van der Waals surface area contributed by atoms with Crippen molar-refractivity contribution in [3.63, 3.8) is 0 Å². The SMILES string of the molecule is CCCCOc1ccc(C=Nc2nc(-c3ccccc3)c(-c3ccccc3)s2)cc1. The molecule has 0 unspecified atom stereocenters. The second-order valence-corrected chi connectivity index (χ2v) is 7.91. The first-order chi connectivity index (χ1) is 14.8. The molecule has 0 amide bonds. The highest BCUT2D eigenvalue weighted by Crippen LogP contribution is 2.39. The van der Waals surface area contributed by atoms with Gasteiger partial charge in [0, 0.05) is 11.8 Å². The zero-order valence-corrected chi connectivity index (χ0v) is 17.8. The normalized spacial score (nSPS) is 11.1. The summed E-state index contributed by atoms with van der Waals surface area (Å²) in [5.74, 6) is 0.896. The van der Waals surface area contributed by atoms with Crippen LogP contribution in [0.4, 0.5) is 5.13 Å². The van der Waals surface area contributed by atoms with Crippen LogP contribution in [0.5, 0.6) is 5.75 Å². The summed E-state index contributed by atoms with van der Waals surface area (Å²) in [6.45, 7) is 2.92. The van der Waals surface area contributed by atoms with Crippen LogP contribution in [-0.2, 0) is 0 Å². The monoisotopic (exact) mass is 412 g/mol. The van der Waals surface area contributed by atoms with Crippen molar-refractivity contribution < 1.29 is 4.74 Å². The molecule has 3 nitrogen and oxygen atoms in total. The average molecular weight is 413 g/mol. The lowest BCUT2D eigenvalue weighted by Gasteiger charge is -2.04. The summed E-state index contributed by atoms with van der Waals surface area (Å²) in [4.78, 5) is 10.6. The summed E-state index contributed by atoms with van der Waals surface area (Å²) in [5, 5.41) is 0.746. The molecular formula is C26H24N2OS. The van der Waals surface area contributed by atoms with Gasteiger partial charge in [-0.3, -0.25) is 0 Å². The summed E-state index contributed by atoms with van der Waals surface area (Å²) >= 11 is 1.61. The van der Waals surface area contributed by atoms with E-state index in [-0.39, 0.29) is 0 Å². The van der Waals surface area contributed by atoms with Crippen molar-refractivity contribution in [1.29, 1.82) is 0 Å². The number of aromatic nitrogens is 1. The van der Waals surface area contributed by atoms with E-state index < -0.39 is 0 Å². The first-order valence-electron chi connectivity index (χ1n) is 10.2. The van der Waals surface area contributed by atoms with E-state index in [2.05, 4.69) is 48.3 Å². The topological polar surface area (TPSA) is 34.5 Å². The van der Waals surface area contributed by atoms with E-state index >= 15 is 0 Å². The van der Waals surface area contributed by atoms with E-state index in [9.17, 15) is 0 Å². The standard InChI is InChI=1S/C26H24N2OS/c1-2-3-18-29-23-16-14-20(15-17-23)19-27-26-28-24(21-10-6-4-7-11-21)25(30-26)22-12-8-5-9-13-22/h4-17,19H,2-3,18H2,1H3. The van der Waals surface area contributed by atoms with Crippen LogP contribution in [0.3, 0.4) is 0 Å². The average Bonchev–Trinajstić information content (AvgIpc) is 3.24. The predicted molar refractivity (Wildman–Crippen MR) is 127 cm³/mol. The summed E-state index contributed by atoms with van der Waals surface area (Å²) in [7, 11) is 0. The van der Waals surface area contributed by atoms with Gasteiger partial charge in [-0.05, 0) is 41.8 Å². The second-order valence-electron chi connectivity index (χ2n) is 6.94. The van der Waals surface area contributed by atoms with E-state index in [1.54, 1.807) is 11.3 Å². The predicted octanol–water partition coefficient (Wildman–Crippen LogP) is 7.41. The minimum atomic E-state index is 0.746. The molecule has 1 aromatic heterocycles. The number of hydrogen-bond donors (Lipinski definition) is 0. The molecule has 0 spiro atoms. The lowest BCUT2D eigenvalue weighted by Crippen LogP contribution is -1.96. The molecule has 0 aliphatic carbocycles. The fourth-order valence-corrected chi connectivity index (χ4v) is 3.99. The Kier molecular flexibility index (Phi) is 6.68. The van der Waals surface area contributed by atoms with Crippen molar-refractivity contribution in [2.45, 2.75) is 19.8 Å². The van der Waals surface area contributed by atoms with E-state index in [4.69, 9.17) is 9.72 Å². The number of thiazole rings is 1. The first-order valence-corrected chi connectivity index (χ1v) is 11.0. The number of aliphatic imine (C=N–C) groups is 1. The van der Waals surface area contributed by atoms with Crippen LogP contribution in [0.15, 0.2) is 89.9 Å². The first kappa shape index (κ1) is 20.0. The van der Waals surface area contributed by atoms with Crippen LogP contribution in [0, 0.1) is 0 Å². The molecule has 0 N–H and O–H groups in total. The smallest absolute Gasteiger partial charge is 0.210 e. The van der Waals surface area contributed by atoms with Gasteiger partial charge in [-0.25, -0.2) is 9.98 Å². The van der Waals surface area contributed by atoms with Gasteiger partial charge in [-0.1, -0.05) is 85.3 Å². The van der Waals surface area contributed by atoms with Crippen LogP contribution in [-0.4, -0.2) is 17.8 Å². The maximum Gasteiger partial charge on any atom is 0.210 e.